The summed E-state index contributed by atoms with van der Waals surface area (Å²) in [4.78, 5) is 24.7. The van der Waals surface area contributed by atoms with Crippen LogP contribution in [0.15, 0.2) is 0 Å². The van der Waals surface area contributed by atoms with Crippen molar-refractivity contribution in [3.05, 3.63) is 0 Å². The van der Waals surface area contributed by atoms with Gasteiger partial charge in [-0.25, -0.2) is 9.59 Å². The van der Waals surface area contributed by atoms with Crippen molar-refractivity contribution in [2.75, 3.05) is 6.54 Å². The van der Waals surface area contributed by atoms with E-state index in [0.29, 0.717) is 5.92 Å². The zero-order valence-corrected chi connectivity index (χ0v) is 11.9. The van der Waals surface area contributed by atoms with Crippen LogP contribution in [0.1, 0.15) is 45.4 Å². The molecule has 0 aromatic rings. The fourth-order valence-corrected chi connectivity index (χ4v) is 3.40. The number of amides is 2. The first-order valence-electron chi connectivity index (χ1n) is 7.51. The summed E-state index contributed by atoms with van der Waals surface area (Å²) in [6, 6.07) is -1.12. The van der Waals surface area contributed by atoms with Gasteiger partial charge in [-0.05, 0) is 18.8 Å². The molecule has 4 atom stereocenters. The van der Waals surface area contributed by atoms with Crippen molar-refractivity contribution in [3.63, 3.8) is 0 Å². The minimum Gasteiger partial charge on any atom is -0.480 e. The SMILES string of the molecule is CCC1CCCCC1NC(=O)N1CC(O)CC1C(=O)O. The average molecular weight is 284 g/mol. The molecule has 1 saturated carbocycles. The maximum absolute atomic E-state index is 12.3. The van der Waals surface area contributed by atoms with E-state index in [0.717, 1.165) is 25.7 Å². The number of hydrogen-bond donors (Lipinski definition) is 3. The fraction of sp³-hybridized carbons (Fsp3) is 0.857. The number of carboxylic acid groups (broad SMARTS) is 1. The maximum atomic E-state index is 12.3. The number of rotatable bonds is 3. The molecule has 0 radical (unpaired) electrons. The van der Waals surface area contributed by atoms with E-state index in [1.165, 1.54) is 11.3 Å². The molecule has 1 heterocycles. The Balaban J connectivity index is 1.98. The van der Waals surface area contributed by atoms with Crippen molar-refractivity contribution in [3.8, 4) is 0 Å². The highest BCUT2D eigenvalue weighted by Crippen LogP contribution is 2.27. The predicted molar refractivity (Wildman–Crippen MR) is 73.3 cm³/mol. The lowest BCUT2D eigenvalue weighted by Gasteiger charge is -2.33. The summed E-state index contributed by atoms with van der Waals surface area (Å²) in [6.07, 6.45) is 4.78. The predicted octanol–water partition coefficient (Wildman–Crippen LogP) is 1.18. The molecule has 2 aliphatic rings. The fourth-order valence-electron chi connectivity index (χ4n) is 3.40. The monoisotopic (exact) mass is 284 g/mol. The Morgan fingerprint density at radius 2 is 2.00 bits per heavy atom. The number of nitrogens with zero attached hydrogens (tertiary/aromatic N) is 1. The maximum Gasteiger partial charge on any atom is 0.326 e. The van der Waals surface area contributed by atoms with Crippen LogP contribution in [0.5, 0.6) is 0 Å². The molecule has 4 unspecified atom stereocenters. The van der Waals surface area contributed by atoms with E-state index < -0.39 is 18.1 Å². The van der Waals surface area contributed by atoms with Gasteiger partial charge in [0.1, 0.15) is 6.04 Å². The van der Waals surface area contributed by atoms with Crippen molar-refractivity contribution in [1.29, 1.82) is 0 Å². The lowest BCUT2D eigenvalue weighted by Crippen LogP contribution is -2.51. The number of aliphatic carboxylic acids is 1. The number of hydrogen-bond acceptors (Lipinski definition) is 3. The molecule has 1 saturated heterocycles. The summed E-state index contributed by atoms with van der Waals surface area (Å²) in [6.45, 7) is 2.22. The van der Waals surface area contributed by atoms with Gasteiger partial charge in [0.15, 0.2) is 0 Å². The number of nitrogens with one attached hydrogen (secondary N) is 1. The number of likely N-dealkylation sites (tertiary alicyclic amines) is 1. The van der Waals surface area contributed by atoms with Gasteiger partial charge in [0, 0.05) is 19.0 Å². The van der Waals surface area contributed by atoms with Crippen LogP contribution >= 0.6 is 0 Å². The number of β-amino-alcohol motifs (C(OH)–C–C–N with tert-alkyl or cyclic N) is 1. The van der Waals surface area contributed by atoms with Crippen molar-refractivity contribution >= 4 is 12.0 Å². The smallest absolute Gasteiger partial charge is 0.326 e. The van der Waals surface area contributed by atoms with Gasteiger partial charge < -0.3 is 20.4 Å². The third-order valence-corrected chi connectivity index (χ3v) is 4.57. The molecule has 6 heteroatoms. The molecule has 1 aliphatic carbocycles. The van der Waals surface area contributed by atoms with Crippen LogP contribution in [0.2, 0.25) is 0 Å². The van der Waals surface area contributed by atoms with Crippen molar-refractivity contribution in [2.24, 2.45) is 5.92 Å². The topological polar surface area (TPSA) is 89.9 Å². The van der Waals surface area contributed by atoms with Gasteiger partial charge in [0.05, 0.1) is 6.10 Å². The molecule has 2 rings (SSSR count). The number of urea groups is 1. The second-order valence-corrected chi connectivity index (χ2v) is 5.90. The molecular formula is C14H24N2O4. The third kappa shape index (κ3) is 3.23. The van der Waals surface area contributed by atoms with E-state index >= 15 is 0 Å². The summed E-state index contributed by atoms with van der Waals surface area (Å²) in [5.74, 6) is -0.573. The number of carbonyl (C=O) groups is 2. The minimum atomic E-state index is -1.05. The molecule has 6 nitrogen and oxygen atoms in total. The third-order valence-electron chi connectivity index (χ3n) is 4.57. The molecule has 0 bridgehead atoms. The Morgan fingerprint density at radius 1 is 1.30 bits per heavy atom. The van der Waals surface area contributed by atoms with Gasteiger partial charge in [-0.3, -0.25) is 0 Å². The van der Waals surface area contributed by atoms with E-state index in [1.54, 1.807) is 0 Å². The molecule has 0 aromatic heterocycles. The van der Waals surface area contributed by atoms with Gasteiger partial charge in [-0.2, -0.15) is 0 Å². The molecule has 1 aliphatic heterocycles. The van der Waals surface area contributed by atoms with Gasteiger partial charge in [0.2, 0.25) is 0 Å². The van der Waals surface area contributed by atoms with Crippen LogP contribution in [-0.2, 0) is 4.79 Å². The Hall–Kier alpha value is -1.30. The second kappa shape index (κ2) is 6.43. The zero-order valence-electron chi connectivity index (χ0n) is 11.9. The first-order chi connectivity index (χ1) is 9.52. The summed E-state index contributed by atoms with van der Waals surface area (Å²) in [7, 11) is 0. The molecule has 20 heavy (non-hydrogen) atoms. The highest BCUT2D eigenvalue weighted by Gasteiger charge is 2.40. The number of aliphatic hydroxyl groups excluding tert-OH is 1. The molecule has 2 amide bonds. The van der Waals surface area contributed by atoms with E-state index in [4.69, 9.17) is 5.11 Å². The summed E-state index contributed by atoms with van der Waals surface area (Å²) in [5.41, 5.74) is 0. The molecule has 0 aromatic carbocycles. The van der Waals surface area contributed by atoms with Gasteiger partial charge in [0.25, 0.3) is 0 Å². The summed E-state index contributed by atoms with van der Waals surface area (Å²) in [5, 5.41) is 21.7. The largest absolute Gasteiger partial charge is 0.480 e. The standard InChI is InChI=1S/C14H24N2O4/c1-2-9-5-3-4-6-11(9)15-14(20)16-8-10(17)7-12(16)13(18)19/h9-12,17H,2-8H2,1H3,(H,15,20)(H,18,19). The Morgan fingerprint density at radius 3 is 2.65 bits per heavy atom. The van der Waals surface area contributed by atoms with E-state index in [-0.39, 0.29) is 25.0 Å². The molecule has 114 valence electrons. The van der Waals surface area contributed by atoms with Gasteiger partial charge in [-0.15, -0.1) is 0 Å². The highest BCUT2D eigenvalue weighted by molar-refractivity contribution is 5.83. The normalized spacial score (nSPS) is 34.0. The van der Waals surface area contributed by atoms with E-state index in [1.807, 2.05) is 0 Å². The van der Waals surface area contributed by atoms with Crippen LogP contribution in [0.4, 0.5) is 4.79 Å². The van der Waals surface area contributed by atoms with Crippen LogP contribution < -0.4 is 5.32 Å². The van der Waals surface area contributed by atoms with Gasteiger partial charge in [-0.1, -0.05) is 26.2 Å². The first kappa shape index (κ1) is 15.1. The van der Waals surface area contributed by atoms with Crippen LogP contribution in [0.3, 0.4) is 0 Å². The average Bonchev–Trinajstić information content (AvgIpc) is 2.82. The van der Waals surface area contributed by atoms with Crippen LogP contribution in [-0.4, -0.2) is 51.8 Å². The lowest BCUT2D eigenvalue weighted by molar-refractivity contribution is -0.141. The van der Waals surface area contributed by atoms with Crippen molar-refractivity contribution in [1.82, 2.24) is 10.2 Å². The number of aliphatic hydroxyl groups is 1. The second-order valence-electron chi connectivity index (χ2n) is 5.90. The highest BCUT2D eigenvalue weighted by atomic mass is 16.4. The number of carbonyl (C=O) groups excluding carboxylic acids is 1. The molecule has 3 N–H and O–H groups in total. The molecule has 0 spiro atoms. The zero-order chi connectivity index (χ0) is 14.7. The first-order valence-corrected chi connectivity index (χ1v) is 7.51. The summed E-state index contributed by atoms with van der Waals surface area (Å²) < 4.78 is 0. The summed E-state index contributed by atoms with van der Waals surface area (Å²) >= 11 is 0. The minimum absolute atomic E-state index is 0.103. The number of carboxylic acids is 1. The van der Waals surface area contributed by atoms with E-state index in [9.17, 15) is 14.7 Å². The molecular weight excluding hydrogens is 260 g/mol. The van der Waals surface area contributed by atoms with Crippen LogP contribution in [0, 0.1) is 5.92 Å². The van der Waals surface area contributed by atoms with Crippen molar-refractivity contribution < 1.29 is 19.8 Å². The quantitative estimate of drug-likeness (QED) is 0.726. The van der Waals surface area contributed by atoms with Gasteiger partial charge >= 0.3 is 12.0 Å². The Kier molecular flexibility index (Phi) is 4.86. The van der Waals surface area contributed by atoms with Crippen LogP contribution in [0.25, 0.3) is 0 Å². The van der Waals surface area contributed by atoms with Crippen molar-refractivity contribution in [2.45, 2.75) is 63.6 Å². The van der Waals surface area contributed by atoms with E-state index in [2.05, 4.69) is 12.2 Å². The molecule has 2 fully saturated rings. The Labute approximate surface area is 119 Å². The Bertz CT molecular complexity index is 374. The lowest BCUT2D eigenvalue weighted by atomic mass is 9.83.